The molecule has 7 nitrogen and oxygen atoms in total. The van der Waals surface area contributed by atoms with E-state index in [1.807, 2.05) is 0 Å². The number of halogens is 2. The van der Waals surface area contributed by atoms with Gasteiger partial charge in [-0.3, -0.25) is 9.89 Å². The third kappa shape index (κ3) is 4.13. The van der Waals surface area contributed by atoms with Crippen molar-refractivity contribution in [3.63, 3.8) is 0 Å². The van der Waals surface area contributed by atoms with Gasteiger partial charge in [0.1, 0.15) is 4.90 Å². The molecule has 3 rings (SSSR count). The van der Waals surface area contributed by atoms with E-state index in [9.17, 15) is 13.2 Å². The lowest BCUT2D eigenvalue weighted by Crippen LogP contribution is -2.46. The highest BCUT2D eigenvalue weighted by Gasteiger charge is 2.33. The number of nitrogens with zero attached hydrogens (tertiary/aromatic N) is 2. The summed E-state index contributed by atoms with van der Waals surface area (Å²) in [5, 5.41) is 10.3. The van der Waals surface area contributed by atoms with Crippen molar-refractivity contribution in [2.45, 2.75) is 37.6 Å². The largest absolute Gasteiger partial charge is 0.349 e. The van der Waals surface area contributed by atoms with Crippen LogP contribution < -0.4 is 5.32 Å². The molecule has 0 atom stereocenters. The van der Waals surface area contributed by atoms with Crippen LogP contribution >= 0.6 is 23.2 Å². The maximum absolute atomic E-state index is 12.9. The van der Waals surface area contributed by atoms with Crippen molar-refractivity contribution in [3.05, 3.63) is 45.2 Å². The third-order valence-corrected chi connectivity index (χ3v) is 7.35. The second-order valence-electron chi connectivity index (χ2n) is 6.54. The van der Waals surface area contributed by atoms with Crippen LogP contribution in [-0.2, 0) is 10.0 Å². The standard InChI is InChI=1S/C17H20Cl2N4O3S/c1-10-16(11(2)22-21-10)27(25,26)23-7-5-13(6-8-23)20-17(24)14-9-12(18)3-4-15(14)19/h3-4,9,13H,5-8H2,1-2H3,(H,20,24)(H,21,22). The molecule has 2 heterocycles. The molecule has 1 aliphatic heterocycles. The molecule has 2 aromatic rings. The summed E-state index contributed by atoms with van der Waals surface area (Å²) in [6.45, 7) is 3.99. The molecular weight excluding hydrogens is 411 g/mol. The Morgan fingerprint density at radius 1 is 1.26 bits per heavy atom. The van der Waals surface area contributed by atoms with Crippen molar-refractivity contribution in [2.24, 2.45) is 0 Å². The second kappa shape index (κ2) is 7.79. The molecule has 1 aromatic carbocycles. The normalized spacial score (nSPS) is 16.4. The quantitative estimate of drug-likeness (QED) is 0.778. The van der Waals surface area contributed by atoms with Crippen molar-refractivity contribution < 1.29 is 13.2 Å². The minimum Gasteiger partial charge on any atom is -0.349 e. The Hall–Kier alpha value is -1.61. The average molecular weight is 431 g/mol. The van der Waals surface area contributed by atoms with Gasteiger partial charge in [-0.25, -0.2) is 8.42 Å². The lowest BCUT2D eigenvalue weighted by atomic mass is 10.1. The summed E-state index contributed by atoms with van der Waals surface area (Å²) in [5.41, 5.74) is 1.29. The van der Waals surface area contributed by atoms with Gasteiger partial charge < -0.3 is 5.32 Å². The lowest BCUT2D eigenvalue weighted by Gasteiger charge is -2.31. The predicted octanol–water partition coefficient (Wildman–Crippen LogP) is 2.92. The van der Waals surface area contributed by atoms with Gasteiger partial charge in [0.2, 0.25) is 10.0 Å². The molecule has 1 amide bonds. The van der Waals surface area contributed by atoms with E-state index in [2.05, 4.69) is 15.5 Å². The van der Waals surface area contributed by atoms with Crippen LogP contribution in [0.3, 0.4) is 0 Å². The van der Waals surface area contributed by atoms with Crippen molar-refractivity contribution in [3.8, 4) is 0 Å². The summed E-state index contributed by atoms with van der Waals surface area (Å²) in [5.74, 6) is -0.315. The number of H-pyrrole nitrogens is 1. The van der Waals surface area contributed by atoms with Gasteiger partial charge >= 0.3 is 0 Å². The summed E-state index contributed by atoms with van der Waals surface area (Å²) in [7, 11) is -3.61. The van der Waals surface area contributed by atoms with Gasteiger partial charge in [-0.2, -0.15) is 9.40 Å². The highest BCUT2D eigenvalue weighted by Crippen LogP contribution is 2.25. The van der Waals surface area contributed by atoms with Crippen LogP contribution in [0.4, 0.5) is 0 Å². The molecule has 0 saturated carbocycles. The van der Waals surface area contributed by atoms with Gasteiger partial charge in [-0.15, -0.1) is 0 Å². The van der Waals surface area contributed by atoms with E-state index >= 15 is 0 Å². The molecule has 1 aliphatic rings. The van der Waals surface area contributed by atoms with Crippen LogP contribution in [0.25, 0.3) is 0 Å². The second-order valence-corrected chi connectivity index (χ2v) is 9.26. The van der Waals surface area contributed by atoms with E-state index in [1.54, 1.807) is 26.0 Å². The van der Waals surface area contributed by atoms with Crippen molar-refractivity contribution >= 4 is 39.1 Å². The number of piperidine rings is 1. The van der Waals surface area contributed by atoms with Gasteiger partial charge in [-0.05, 0) is 44.9 Å². The molecular formula is C17H20Cl2N4O3S. The summed E-state index contributed by atoms with van der Waals surface area (Å²) in [6.07, 6.45) is 1.03. The van der Waals surface area contributed by atoms with Gasteiger partial charge in [0.25, 0.3) is 5.91 Å². The number of carbonyl (C=O) groups is 1. The maximum atomic E-state index is 12.9. The molecule has 0 bridgehead atoms. The number of carbonyl (C=O) groups excluding carboxylic acids is 1. The minimum atomic E-state index is -3.61. The Morgan fingerprint density at radius 3 is 2.52 bits per heavy atom. The first-order valence-electron chi connectivity index (χ1n) is 8.47. The minimum absolute atomic E-state index is 0.134. The van der Waals surface area contributed by atoms with Gasteiger partial charge in [0, 0.05) is 24.2 Å². The van der Waals surface area contributed by atoms with E-state index in [4.69, 9.17) is 23.2 Å². The van der Waals surface area contributed by atoms with E-state index in [-0.39, 0.29) is 16.8 Å². The fourth-order valence-electron chi connectivity index (χ4n) is 3.22. The Labute approximate surface area is 168 Å². The van der Waals surface area contributed by atoms with Crippen molar-refractivity contribution in [2.75, 3.05) is 13.1 Å². The zero-order valence-electron chi connectivity index (χ0n) is 14.9. The van der Waals surface area contributed by atoms with Crippen LogP contribution in [0.5, 0.6) is 0 Å². The first-order valence-corrected chi connectivity index (χ1v) is 10.7. The van der Waals surface area contributed by atoms with Crippen LogP contribution in [0.15, 0.2) is 23.1 Å². The molecule has 2 N–H and O–H groups in total. The number of aryl methyl sites for hydroxylation is 2. The molecule has 1 saturated heterocycles. The fourth-order valence-corrected chi connectivity index (χ4v) is 5.40. The van der Waals surface area contributed by atoms with Crippen LogP contribution in [0.1, 0.15) is 34.6 Å². The number of sulfonamides is 1. The molecule has 0 aliphatic carbocycles. The van der Waals surface area contributed by atoms with Crippen LogP contribution in [0.2, 0.25) is 10.0 Å². The SMILES string of the molecule is Cc1n[nH]c(C)c1S(=O)(=O)N1CCC(NC(=O)c2cc(Cl)ccc2Cl)CC1. The maximum Gasteiger partial charge on any atom is 0.253 e. The number of aromatic amines is 1. The molecule has 146 valence electrons. The molecule has 0 spiro atoms. The topological polar surface area (TPSA) is 95.2 Å². The van der Waals surface area contributed by atoms with Crippen molar-refractivity contribution in [1.82, 2.24) is 19.8 Å². The number of hydrogen-bond donors (Lipinski definition) is 2. The Morgan fingerprint density at radius 2 is 1.93 bits per heavy atom. The number of aromatic nitrogens is 2. The number of nitrogens with one attached hydrogen (secondary N) is 2. The van der Waals surface area contributed by atoms with Crippen LogP contribution in [-0.4, -0.2) is 48.0 Å². The Kier molecular flexibility index (Phi) is 5.81. The highest BCUT2D eigenvalue weighted by molar-refractivity contribution is 7.89. The lowest BCUT2D eigenvalue weighted by molar-refractivity contribution is 0.0924. The zero-order chi connectivity index (χ0) is 19.8. The van der Waals surface area contributed by atoms with E-state index in [0.717, 1.165) is 0 Å². The first kappa shape index (κ1) is 20.1. The summed E-state index contributed by atoms with van der Waals surface area (Å²) < 4.78 is 27.2. The molecule has 0 radical (unpaired) electrons. The molecule has 0 unspecified atom stereocenters. The van der Waals surface area contributed by atoms with E-state index in [1.165, 1.54) is 10.4 Å². The molecule has 1 fully saturated rings. The highest BCUT2D eigenvalue weighted by atomic mass is 35.5. The molecule has 27 heavy (non-hydrogen) atoms. The first-order chi connectivity index (χ1) is 12.7. The van der Waals surface area contributed by atoms with Gasteiger partial charge in [0.05, 0.1) is 22.0 Å². The van der Waals surface area contributed by atoms with Gasteiger partial charge in [0.15, 0.2) is 0 Å². The summed E-state index contributed by atoms with van der Waals surface area (Å²) >= 11 is 12.0. The number of benzene rings is 1. The Bertz CT molecular complexity index is 947. The number of rotatable bonds is 4. The van der Waals surface area contributed by atoms with E-state index in [0.29, 0.717) is 52.9 Å². The fraction of sp³-hybridized carbons (Fsp3) is 0.412. The van der Waals surface area contributed by atoms with Crippen molar-refractivity contribution in [1.29, 1.82) is 0 Å². The molecule has 10 heteroatoms. The van der Waals surface area contributed by atoms with Gasteiger partial charge in [-0.1, -0.05) is 23.2 Å². The third-order valence-electron chi connectivity index (χ3n) is 4.62. The smallest absolute Gasteiger partial charge is 0.253 e. The summed E-state index contributed by atoms with van der Waals surface area (Å²) in [4.78, 5) is 12.7. The van der Waals surface area contributed by atoms with E-state index < -0.39 is 10.0 Å². The predicted molar refractivity (Wildman–Crippen MR) is 104 cm³/mol. The Balaban J connectivity index is 1.65. The number of hydrogen-bond acceptors (Lipinski definition) is 4. The summed E-state index contributed by atoms with van der Waals surface area (Å²) in [6, 6.07) is 4.57. The number of amides is 1. The molecule has 1 aromatic heterocycles. The van der Waals surface area contributed by atoms with Crippen LogP contribution in [0, 0.1) is 13.8 Å². The monoisotopic (exact) mass is 430 g/mol. The zero-order valence-corrected chi connectivity index (χ0v) is 17.2. The average Bonchev–Trinajstić information content (AvgIpc) is 2.96.